The van der Waals surface area contributed by atoms with Crippen LogP contribution in [0.3, 0.4) is 0 Å². The molecule has 1 saturated heterocycles. The van der Waals surface area contributed by atoms with Crippen molar-refractivity contribution < 1.29 is 13.2 Å². The van der Waals surface area contributed by atoms with Crippen LogP contribution in [0.4, 0.5) is 0 Å². The zero-order valence-electron chi connectivity index (χ0n) is 12.7. The number of amides is 1. The molecular weight excluding hydrogens is 391 g/mol. The van der Waals surface area contributed by atoms with E-state index in [0.29, 0.717) is 37.6 Å². The van der Waals surface area contributed by atoms with Gasteiger partial charge in [-0.05, 0) is 25.5 Å². The average Bonchev–Trinajstić information content (AvgIpc) is 3.01. The Kier molecular flexibility index (Phi) is 4.88. The number of aromatic nitrogens is 1. The summed E-state index contributed by atoms with van der Waals surface area (Å²) in [6, 6.07) is 4.81. The molecule has 0 saturated carbocycles. The summed E-state index contributed by atoms with van der Waals surface area (Å²) >= 11 is 13.6. The number of benzene rings is 1. The number of aryl methyl sites for hydroxylation is 1. The minimum Gasteiger partial charge on any atom is -0.347 e. The molecule has 1 fully saturated rings. The average molecular weight is 405 g/mol. The van der Waals surface area contributed by atoms with Gasteiger partial charge >= 0.3 is 0 Å². The van der Waals surface area contributed by atoms with Crippen molar-refractivity contribution in [3.8, 4) is 10.6 Å². The lowest BCUT2D eigenvalue weighted by Crippen LogP contribution is -2.35. The molecule has 1 aromatic carbocycles. The molecule has 1 amide bonds. The molecule has 0 aliphatic carbocycles. The van der Waals surface area contributed by atoms with E-state index in [0.717, 1.165) is 0 Å². The second-order valence-corrected chi connectivity index (χ2v) is 9.65. The lowest BCUT2D eigenvalue weighted by molar-refractivity contribution is 0.0944. The highest BCUT2D eigenvalue weighted by atomic mass is 35.5. The molecule has 2 heterocycles. The van der Waals surface area contributed by atoms with E-state index in [1.54, 1.807) is 25.1 Å². The van der Waals surface area contributed by atoms with Crippen LogP contribution in [0.15, 0.2) is 18.2 Å². The van der Waals surface area contributed by atoms with Crippen molar-refractivity contribution >= 4 is 50.3 Å². The minimum atomic E-state index is -3.04. The van der Waals surface area contributed by atoms with E-state index in [1.807, 2.05) is 0 Å². The fourth-order valence-electron chi connectivity index (χ4n) is 2.58. The van der Waals surface area contributed by atoms with Gasteiger partial charge in [-0.15, -0.1) is 11.3 Å². The molecule has 128 valence electrons. The predicted molar refractivity (Wildman–Crippen MR) is 96.8 cm³/mol. The third-order valence-corrected chi connectivity index (χ3v) is 7.32. The van der Waals surface area contributed by atoms with Gasteiger partial charge in [-0.3, -0.25) is 4.79 Å². The van der Waals surface area contributed by atoms with Crippen LogP contribution in [0.2, 0.25) is 10.0 Å². The molecule has 1 aromatic heterocycles. The first-order valence-electron chi connectivity index (χ1n) is 7.20. The standard InChI is InChI=1S/C15H14Cl2N2O3S2/c1-8-13(14(20)19-9-5-6-24(21,22)7-9)23-15(18-8)12-10(16)3-2-4-11(12)17/h2-4,9H,5-7H2,1H3,(H,19,20)/t9-/m0/s1. The van der Waals surface area contributed by atoms with Gasteiger partial charge in [0, 0.05) is 11.6 Å². The van der Waals surface area contributed by atoms with Gasteiger partial charge in [-0.25, -0.2) is 13.4 Å². The second kappa shape index (κ2) is 6.63. The highest BCUT2D eigenvalue weighted by Gasteiger charge is 2.30. The number of nitrogens with one attached hydrogen (secondary N) is 1. The monoisotopic (exact) mass is 404 g/mol. The van der Waals surface area contributed by atoms with Crippen molar-refractivity contribution in [1.29, 1.82) is 0 Å². The molecule has 9 heteroatoms. The van der Waals surface area contributed by atoms with Crippen molar-refractivity contribution in [2.45, 2.75) is 19.4 Å². The number of thiazole rings is 1. The van der Waals surface area contributed by atoms with Gasteiger partial charge in [0.1, 0.15) is 9.88 Å². The highest BCUT2D eigenvalue weighted by Crippen LogP contribution is 2.37. The molecule has 0 radical (unpaired) electrons. The molecule has 1 aliphatic heterocycles. The summed E-state index contributed by atoms with van der Waals surface area (Å²) < 4.78 is 23.0. The second-order valence-electron chi connectivity index (χ2n) is 5.60. The van der Waals surface area contributed by atoms with E-state index in [1.165, 1.54) is 11.3 Å². The maximum absolute atomic E-state index is 12.4. The largest absolute Gasteiger partial charge is 0.347 e. The van der Waals surface area contributed by atoms with Crippen LogP contribution in [0.1, 0.15) is 21.8 Å². The number of carbonyl (C=O) groups excluding carboxylic acids is 1. The Morgan fingerprint density at radius 3 is 2.58 bits per heavy atom. The van der Waals surface area contributed by atoms with Crippen LogP contribution in [0, 0.1) is 6.92 Å². The van der Waals surface area contributed by atoms with E-state index in [-0.39, 0.29) is 23.5 Å². The van der Waals surface area contributed by atoms with Crippen molar-refractivity contribution in [2.24, 2.45) is 0 Å². The van der Waals surface area contributed by atoms with Gasteiger partial charge in [0.25, 0.3) is 5.91 Å². The molecule has 0 bridgehead atoms. The van der Waals surface area contributed by atoms with Gasteiger partial charge in [0.15, 0.2) is 9.84 Å². The zero-order valence-corrected chi connectivity index (χ0v) is 15.8. The molecule has 2 aromatic rings. The minimum absolute atomic E-state index is 0.0141. The maximum Gasteiger partial charge on any atom is 0.263 e. The lowest BCUT2D eigenvalue weighted by atomic mass is 10.2. The highest BCUT2D eigenvalue weighted by molar-refractivity contribution is 7.91. The predicted octanol–water partition coefficient (Wildman–Crippen LogP) is 3.34. The van der Waals surface area contributed by atoms with Crippen molar-refractivity contribution in [2.75, 3.05) is 11.5 Å². The normalized spacial score (nSPS) is 19.4. The molecule has 0 unspecified atom stereocenters. The van der Waals surface area contributed by atoms with Gasteiger partial charge in [0.05, 0.1) is 27.2 Å². The Labute approximate surface area is 153 Å². The van der Waals surface area contributed by atoms with Crippen LogP contribution in [-0.4, -0.2) is 36.9 Å². The van der Waals surface area contributed by atoms with Gasteiger partial charge in [0.2, 0.25) is 0 Å². The fourth-order valence-corrected chi connectivity index (χ4v) is 5.98. The third-order valence-electron chi connectivity index (χ3n) is 3.75. The summed E-state index contributed by atoms with van der Waals surface area (Å²) in [6.45, 7) is 1.73. The van der Waals surface area contributed by atoms with Crippen LogP contribution in [-0.2, 0) is 9.84 Å². The number of hydrogen-bond donors (Lipinski definition) is 1. The summed E-state index contributed by atoms with van der Waals surface area (Å²) in [5.41, 5.74) is 1.15. The first-order chi connectivity index (χ1) is 11.3. The van der Waals surface area contributed by atoms with Crippen LogP contribution >= 0.6 is 34.5 Å². The molecular formula is C15H14Cl2N2O3S2. The van der Waals surface area contributed by atoms with E-state index < -0.39 is 9.84 Å². The number of carbonyl (C=O) groups is 1. The lowest BCUT2D eigenvalue weighted by Gasteiger charge is -2.09. The van der Waals surface area contributed by atoms with Gasteiger partial charge in [-0.1, -0.05) is 29.3 Å². The van der Waals surface area contributed by atoms with Crippen LogP contribution in [0.25, 0.3) is 10.6 Å². The maximum atomic E-state index is 12.4. The molecule has 24 heavy (non-hydrogen) atoms. The summed E-state index contributed by atoms with van der Waals surface area (Å²) in [5.74, 6) is -0.221. The topological polar surface area (TPSA) is 76.1 Å². The van der Waals surface area contributed by atoms with Crippen molar-refractivity contribution in [3.05, 3.63) is 38.8 Å². The van der Waals surface area contributed by atoms with Crippen LogP contribution in [0.5, 0.6) is 0 Å². The van der Waals surface area contributed by atoms with E-state index in [2.05, 4.69) is 10.3 Å². The summed E-state index contributed by atoms with van der Waals surface area (Å²) in [6.07, 6.45) is 0.440. The van der Waals surface area contributed by atoms with E-state index >= 15 is 0 Å². The SMILES string of the molecule is Cc1nc(-c2c(Cl)cccc2Cl)sc1C(=O)N[C@H]1CCS(=O)(=O)C1. The summed E-state index contributed by atoms with van der Waals surface area (Å²) in [7, 11) is -3.04. The fraction of sp³-hybridized carbons (Fsp3) is 0.333. The molecule has 0 spiro atoms. The van der Waals surface area contributed by atoms with Crippen molar-refractivity contribution in [1.82, 2.24) is 10.3 Å². The van der Waals surface area contributed by atoms with Gasteiger partial charge in [-0.2, -0.15) is 0 Å². The number of sulfone groups is 1. The number of hydrogen-bond acceptors (Lipinski definition) is 5. The van der Waals surface area contributed by atoms with E-state index in [4.69, 9.17) is 23.2 Å². The van der Waals surface area contributed by atoms with Gasteiger partial charge < -0.3 is 5.32 Å². The Hall–Kier alpha value is -1.15. The molecule has 3 rings (SSSR count). The summed E-state index contributed by atoms with van der Waals surface area (Å²) in [5, 5.41) is 4.26. The van der Waals surface area contributed by atoms with E-state index in [9.17, 15) is 13.2 Å². The Balaban J connectivity index is 1.85. The Bertz CT molecular complexity index is 889. The number of halogens is 2. The summed E-state index contributed by atoms with van der Waals surface area (Å²) in [4.78, 5) is 17.3. The first-order valence-corrected chi connectivity index (χ1v) is 10.6. The Morgan fingerprint density at radius 1 is 1.33 bits per heavy atom. The number of nitrogens with zero attached hydrogens (tertiary/aromatic N) is 1. The first kappa shape index (κ1) is 17.7. The Morgan fingerprint density at radius 2 is 2.00 bits per heavy atom. The quantitative estimate of drug-likeness (QED) is 0.850. The number of rotatable bonds is 3. The molecule has 5 nitrogen and oxygen atoms in total. The zero-order chi connectivity index (χ0) is 17.5. The molecule has 1 N–H and O–H groups in total. The van der Waals surface area contributed by atoms with Crippen LogP contribution < -0.4 is 5.32 Å². The van der Waals surface area contributed by atoms with Crippen molar-refractivity contribution in [3.63, 3.8) is 0 Å². The molecule has 1 aliphatic rings. The molecule has 1 atom stereocenters. The third kappa shape index (κ3) is 3.59. The smallest absolute Gasteiger partial charge is 0.263 e.